The minimum Gasteiger partial charge on any atom is -0.462 e. The van der Waals surface area contributed by atoms with E-state index in [9.17, 15) is 14.4 Å². The molecule has 0 saturated carbocycles. The van der Waals surface area contributed by atoms with Crippen molar-refractivity contribution in [3.8, 4) is 0 Å². The summed E-state index contributed by atoms with van der Waals surface area (Å²) >= 11 is 0. The summed E-state index contributed by atoms with van der Waals surface area (Å²) in [6.07, 6.45) is 82.6. The van der Waals surface area contributed by atoms with Crippen LogP contribution in [0.15, 0.2) is 12.2 Å². The van der Waals surface area contributed by atoms with Gasteiger partial charge >= 0.3 is 17.9 Å². The molecule has 468 valence electrons. The highest BCUT2D eigenvalue weighted by Gasteiger charge is 2.19. The zero-order valence-corrected chi connectivity index (χ0v) is 53.9. The second kappa shape index (κ2) is 68.6. The van der Waals surface area contributed by atoms with Crippen molar-refractivity contribution in [1.29, 1.82) is 0 Å². The van der Waals surface area contributed by atoms with Crippen LogP contribution in [0.4, 0.5) is 0 Å². The van der Waals surface area contributed by atoms with Crippen LogP contribution in [0, 0.1) is 0 Å². The van der Waals surface area contributed by atoms with E-state index in [4.69, 9.17) is 14.2 Å². The lowest BCUT2D eigenvalue weighted by Gasteiger charge is -2.18. The van der Waals surface area contributed by atoms with Crippen molar-refractivity contribution in [2.24, 2.45) is 0 Å². The lowest BCUT2D eigenvalue weighted by atomic mass is 10.0. The zero-order chi connectivity index (χ0) is 57.1. The number of ether oxygens (including phenoxy) is 3. The van der Waals surface area contributed by atoms with E-state index in [1.165, 1.54) is 321 Å². The molecule has 0 rings (SSSR count). The molecule has 1 unspecified atom stereocenters. The van der Waals surface area contributed by atoms with Crippen molar-refractivity contribution in [2.75, 3.05) is 13.2 Å². The summed E-state index contributed by atoms with van der Waals surface area (Å²) in [7, 11) is 0. The van der Waals surface area contributed by atoms with Crippen LogP contribution >= 0.6 is 0 Å². The van der Waals surface area contributed by atoms with E-state index >= 15 is 0 Å². The normalized spacial score (nSPS) is 12.0. The lowest BCUT2D eigenvalue weighted by Crippen LogP contribution is -2.30. The maximum absolute atomic E-state index is 12.9. The molecule has 6 nitrogen and oxygen atoms in total. The molecule has 0 N–H and O–H groups in total. The molecule has 1 atom stereocenters. The monoisotopic (exact) mass is 1110 g/mol. The highest BCUT2D eigenvalue weighted by Crippen LogP contribution is 2.19. The van der Waals surface area contributed by atoms with Gasteiger partial charge in [-0.25, -0.2) is 0 Å². The second-order valence-electron chi connectivity index (χ2n) is 24.9. The highest BCUT2D eigenvalue weighted by atomic mass is 16.6. The van der Waals surface area contributed by atoms with Gasteiger partial charge in [-0.05, 0) is 44.9 Å². The molecule has 0 amide bonds. The molecular formula is C73H140O6. The minimum atomic E-state index is -0.766. The molecule has 0 aromatic rings. The molecule has 79 heavy (non-hydrogen) atoms. The molecule has 0 aliphatic carbocycles. The summed E-state index contributed by atoms with van der Waals surface area (Å²) in [4.78, 5) is 38.3. The van der Waals surface area contributed by atoms with Gasteiger partial charge in [-0.2, -0.15) is 0 Å². The Morgan fingerprint density at radius 2 is 0.418 bits per heavy atom. The zero-order valence-electron chi connectivity index (χ0n) is 53.9. The summed E-state index contributed by atoms with van der Waals surface area (Å²) in [6.45, 7) is 6.71. The summed E-state index contributed by atoms with van der Waals surface area (Å²) < 4.78 is 17.0. The van der Waals surface area contributed by atoms with Crippen molar-refractivity contribution >= 4 is 17.9 Å². The first-order valence-electron chi connectivity index (χ1n) is 36.2. The van der Waals surface area contributed by atoms with Gasteiger partial charge in [0.1, 0.15) is 13.2 Å². The van der Waals surface area contributed by atoms with Gasteiger partial charge in [0.05, 0.1) is 0 Å². The molecule has 0 aromatic carbocycles. The third-order valence-corrected chi connectivity index (χ3v) is 16.8. The lowest BCUT2D eigenvalue weighted by molar-refractivity contribution is -0.167. The van der Waals surface area contributed by atoms with Crippen molar-refractivity contribution in [2.45, 2.75) is 425 Å². The minimum absolute atomic E-state index is 0.0634. The fourth-order valence-electron chi connectivity index (χ4n) is 11.3. The van der Waals surface area contributed by atoms with Crippen molar-refractivity contribution in [3.63, 3.8) is 0 Å². The fourth-order valence-corrected chi connectivity index (χ4v) is 11.3. The molecular weight excluding hydrogens is 973 g/mol. The molecule has 6 heteroatoms. The Hall–Kier alpha value is -1.85. The van der Waals surface area contributed by atoms with E-state index in [1.54, 1.807) is 0 Å². The standard InChI is InChI=1S/C73H140O6/c1-4-7-10-13-16-19-22-24-26-28-30-32-34-35-36-37-38-40-41-43-45-47-49-51-54-57-60-63-66-72(75)78-69-70(68-77-71(74)65-62-59-56-53-21-18-15-12-9-6-3)79-73(76)67-64-61-58-55-52-50-48-46-44-42-39-33-31-29-27-25-23-20-17-14-11-8-5-2/h29,31,70H,4-28,30,32-69H2,1-3H3/b31-29-. The molecule has 0 aliphatic heterocycles. The molecule has 0 heterocycles. The summed E-state index contributed by atoms with van der Waals surface area (Å²) in [6, 6.07) is 0. The van der Waals surface area contributed by atoms with E-state index in [0.717, 1.165) is 57.8 Å². The predicted octanol–water partition coefficient (Wildman–Crippen LogP) is 24.8. The van der Waals surface area contributed by atoms with Crippen LogP contribution in [0.3, 0.4) is 0 Å². The third-order valence-electron chi connectivity index (χ3n) is 16.8. The number of allylic oxidation sites excluding steroid dienone is 2. The predicted molar refractivity (Wildman–Crippen MR) is 344 cm³/mol. The second-order valence-corrected chi connectivity index (χ2v) is 24.9. The van der Waals surface area contributed by atoms with Crippen LogP contribution in [-0.2, 0) is 28.6 Å². The Balaban J connectivity index is 4.10. The fraction of sp³-hybridized carbons (Fsp3) is 0.932. The van der Waals surface area contributed by atoms with Gasteiger partial charge in [-0.3, -0.25) is 14.4 Å². The highest BCUT2D eigenvalue weighted by molar-refractivity contribution is 5.71. The van der Waals surface area contributed by atoms with Gasteiger partial charge in [-0.15, -0.1) is 0 Å². The first kappa shape index (κ1) is 77.2. The maximum atomic E-state index is 12.9. The summed E-state index contributed by atoms with van der Waals surface area (Å²) in [5, 5.41) is 0. The quantitative estimate of drug-likeness (QED) is 0.0261. The Bertz CT molecular complexity index is 1230. The van der Waals surface area contributed by atoms with E-state index in [-0.39, 0.29) is 31.1 Å². The molecule has 0 bridgehead atoms. The van der Waals surface area contributed by atoms with Crippen LogP contribution < -0.4 is 0 Å². The van der Waals surface area contributed by atoms with E-state index < -0.39 is 6.10 Å². The number of hydrogen-bond donors (Lipinski definition) is 0. The molecule has 0 aromatic heterocycles. The molecule has 0 spiro atoms. The van der Waals surface area contributed by atoms with Gasteiger partial charge in [0.15, 0.2) is 6.10 Å². The van der Waals surface area contributed by atoms with Crippen LogP contribution in [0.2, 0.25) is 0 Å². The Labute approximate surface area is 494 Å². The van der Waals surface area contributed by atoms with E-state index in [0.29, 0.717) is 19.3 Å². The van der Waals surface area contributed by atoms with Crippen molar-refractivity contribution < 1.29 is 28.6 Å². The van der Waals surface area contributed by atoms with Gasteiger partial charge < -0.3 is 14.2 Å². The van der Waals surface area contributed by atoms with Crippen molar-refractivity contribution in [1.82, 2.24) is 0 Å². The number of esters is 3. The molecule has 0 fully saturated rings. The smallest absolute Gasteiger partial charge is 0.306 e. The number of carbonyl (C=O) groups is 3. The summed E-state index contributed by atoms with van der Waals surface area (Å²) in [5.74, 6) is -0.832. The van der Waals surface area contributed by atoms with E-state index in [1.807, 2.05) is 0 Å². The Morgan fingerprint density at radius 3 is 0.633 bits per heavy atom. The average molecular weight is 1110 g/mol. The van der Waals surface area contributed by atoms with Gasteiger partial charge in [0, 0.05) is 19.3 Å². The van der Waals surface area contributed by atoms with Gasteiger partial charge in [0.25, 0.3) is 0 Å². The largest absolute Gasteiger partial charge is 0.462 e. The summed E-state index contributed by atoms with van der Waals surface area (Å²) in [5.41, 5.74) is 0. The average Bonchev–Trinajstić information content (AvgIpc) is 3.45. The Kier molecular flexibility index (Phi) is 67.0. The van der Waals surface area contributed by atoms with Crippen molar-refractivity contribution in [3.05, 3.63) is 12.2 Å². The first-order chi connectivity index (χ1) is 39.0. The van der Waals surface area contributed by atoms with Gasteiger partial charge in [0.2, 0.25) is 0 Å². The van der Waals surface area contributed by atoms with Crippen LogP contribution in [-0.4, -0.2) is 37.2 Å². The van der Waals surface area contributed by atoms with Crippen LogP contribution in [0.1, 0.15) is 419 Å². The first-order valence-corrected chi connectivity index (χ1v) is 36.2. The number of unbranched alkanes of at least 4 members (excludes halogenated alkanes) is 55. The molecule has 0 aliphatic rings. The Morgan fingerprint density at radius 1 is 0.241 bits per heavy atom. The molecule has 0 saturated heterocycles. The SMILES string of the molecule is CCCCCCCCCC/C=C\CCCCCCCCCCCCCC(=O)OC(COC(=O)CCCCCCCCCCCC)COC(=O)CCCCCCCCCCCCCCCCCCCCCCCCCCCCCC. The maximum Gasteiger partial charge on any atom is 0.306 e. The topological polar surface area (TPSA) is 78.9 Å². The van der Waals surface area contributed by atoms with Gasteiger partial charge in [-0.1, -0.05) is 367 Å². The third kappa shape index (κ3) is 66.8. The van der Waals surface area contributed by atoms with E-state index in [2.05, 4.69) is 32.9 Å². The number of rotatable bonds is 68. The van der Waals surface area contributed by atoms with Crippen LogP contribution in [0.5, 0.6) is 0 Å². The number of carbonyl (C=O) groups excluding carboxylic acids is 3. The number of hydrogen-bond acceptors (Lipinski definition) is 6. The van der Waals surface area contributed by atoms with Crippen LogP contribution in [0.25, 0.3) is 0 Å². The molecule has 0 radical (unpaired) electrons.